The average Bonchev–Trinajstić information content (AvgIpc) is 2.75. The highest BCUT2D eigenvalue weighted by molar-refractivity contribution is 7.89. The van der Waals surface area contributed by atoms with Gasteiger partial charge in [-0.2, -0.15) is 0 Å². The molecule has 7 heteroatoms. The van der Waals surface area contributed by atoms with Gasteiger partial charge >= 0.3 is 0 Å². The van der Waals surface area contributed by atoms with Crippen molar-refractivity contribution < 1.29 is 17.6 Å². The number of carbonyl (C=O) groups excluding carboxylic acids is 1. The van der Waals surface area contributed by atoms with Crippen LogP contribution in [0, 0.1) is 5.92 Å². The maximum atomic E-state index is 11.6. The van der Waals surface area contributed by atoms with E-state index in [0.29, 0.717) is 18.8 Å². The predicted molar refractivity (Wildman–Crippen MR) is 60.2 cm³/mol. The molecule has 1 unspecified atom stereocenters. The molecule has 6 nitrogen and oxygen atoms in total. The highest BCUT2D eigenvalue weighted by atomic mass is 32.2. The number of sulfonamides is 1. The minimum absolute atomic E-state index is 0.0601. The molecular weight excluding hydrogens is 244 g/mol. The summed E-state index contributed by atoms with van der Waals surface area (Å²) in [6.45, 7) is 0.795. The van der Waals surface area contributed by atoms with E-state index in [1.54, 1.807) is 17.0 Å². The highest BCUT2D eigenvalue weighted by Crippen LogP contribution is 2.21. The van der Waals surface area contributed by atoms with Crippen molar-refractivity contribution in [2.75, 3.05) is 12.3 Å². The van der Waals surface area contributed by atoms with Gasteiger partial charge in [0, 0.05) is 18.9 Å². The molecule has 0 spiro atoms. The van der Waals surface area contributed by atoms with Gasteiger partial charge in [-0.1, -0.05) is 0 Å². The molecule has 1 fully saturated rings. The molecule has 1 aliphatic rings. The Labute approximate surface area is 99.4 Å². The number of hydrogen-bond donors (Lipinski definition) is 1. The van der Waals surface area contributed by atoms with E-state index in [-0.39, 0.29) is 24.0 Å². The highest BCUT2D eigenvalue weighted by Gasteiger charge is 2.32. The van der Waals surface area contributed by atoms with Gasteiger partial charge in [0.05, 0.1) is 18.6 Å². The molecule has 1 amide bonds. The van der Waals surface area contributed by atoms with Crippen LogP contribution in [-0.2, 0) is 21.4 Å². The zero-order valence-electron chi connectivity index (χ0n) is 9.20. The first-order valence-electron chi connectivity index (χ1n) is 5.24. The van der Waals surface area contributed by atoms with Gasteiger partial charge < -0.3 is 9.32 Å². The number of nitrogens with two attached hydrogens (primary N) is 1. The number of likely N-dealkylation sites (tertiary alicyclic amines) is 1. The van der Waals surface area contributed by atoms with Crippen LogP contribution in [0.3, 0.4) is 0 Å². The summed E-state index contributed by atoms with van der Waals surface area (Å²) in [5.74, 6) is 0.269. The second kappa shape index (κ2) is 4.50. The van der Waals surface area contributed by atoms with Crippen LogP contribution < -0.4 is 5.14 Å². The Kier molecular flexibility index (Phi) is 3.21. The molecule has 2 heterocycles. The average molecular weight is 258 g/mol. The molecule has 0 aromatic carbocycles. The minimum Gasteiger partial charge on any atom is -0.467 e. The Bertz CT molecular complexity index is 494. The second-order valence-corrected chi connectivity index (χ2v) is 5.91. The molecule has 1 aromatic rings. The van der Waals surface area contributed by atoms with Crippen molar-refractivity contribution >= 4 is 15.9 Å². The standard InChI is InChI=1S/C10H14N2O4S/c11-17(14,15)7-8-4-10(13)12(5-8)6-9-2-1-3-16-9/h1-3,8H,4-7H2,(H2,11,14,15). The molecule has 0 aliphatic carbocycles. The molecule has 17 heavy (non-hydrogen) atoms. The lowest BCUT2D eigenvalue weighted by molar-refractivity contribution is -0.128. The third kappa shape index (κ3) is 3.31. The Balaban J connectivity index is 1.96. The Morgan fingerprint density at radius 3 is 2.88 bits per heavy atom. The Hall–Kier alpha value is -1.34. The van der Waals surface area contributed by atoms with Gasteiger partial charge in [0.15, 0.2) is 0 Å². The molecule has 1 aliphatic heterocycles. The first-order valence-corrected chi connectivity index (χ1v) is 6.96. The SMILES string of the molecule is NS(=O)(=O)CC1CC(=O)N(Cc2ccco2)C1. The van der Waals surface area contributed by atoms with E-state index >= 15 is 0 Å². The normalized spacial score (nSPS) is 21.1. The minimum atomic E-state index is -3.52. The number of nitrogens with zero attached hydrogens (tertiary/aromatic N) is 1. The molecule has 0 bridgehead atoms. The van der Waals surface area contributed by atoms with Gasteiger partial charge in [-0.25, -0.2) is 13.6 Å². The molecule has 1 atom stereocenters. The van der Waals surface area contributed by atoms with Gasteiger partial charge in [-0.15, -0.1) is 0 Å². The molecule has 94 valence electrons. The van der Waals surface area contributed by atoms with Crippen LogP contribution in [0.15, 0.2) is 22.8 Å². The van der Waals surface area contributed by atoms with Gasteiger partial charge in [0.1, 0.15) is 5.76 Å². The topological polar surface area (TPSA) is 93.6 Å². The summed E-state index contributed by atoms with van der Waals surface area (Å²) in [7, 11) is -3.52. The number of carbonyl (C=O) groups is 1. The number of rotatable bonds is 4. The zero-order valence-corrected chi connectivity index (χ0v) is 10.0. The maximum Gasteiger partial charge on any atom is 0.223 e. The van der Waals surface area contributed by atoms with Crippen LogP contribution in [-0.4, -0.2) is 31.5 Å². The van der Waals surface area contributed by atoms with E-state index in [1.165, 1.54) is 6.26 Å². The van der Waals surface area contributed by atoms with E-state index in [0.717, 1.165) is 0 Å². The lowest BCUT2D eigenvalue weighted by Crippen LogP contribution is -2.27. The zero-order chi connectivity index (χ0) is 12.5. The number of primary sulfonamides is 1. The summed E-state index contributed by atoms with van der Waals surface area (Å²) in [5, 5.41) is 4.97. The van der Waals surface area contributed by atoms with Crippen molar-refractivity contribution in [3.8, 4) is 0 Å². The van der Waals surface area contributed by atoms with Crippen LogP contribution in [0.2, 0.25) is 0 Å². The summed E-state index contributed by atoms with van der Waals surface area (Å²) >= 11 is 0. The summed E-state index contributed by atoms with van der Waals surface area (Å²) in [6.07, 6.45) is 1.77. The fourth-order valence-electron chi connectivity index (χ4n) is 2.04. The summed E-state index contributed by atoms with van der Waals surface area (Å²) in [5.41, 5.74) is 0. The van der Waals surface area contributed by atoms with Crippen molar-refractivity contribution in [3.63, 3.8) is 0 Å². The quantitative estimate of drug-likeness (QED) is 0.817. The molecule has 2 rings (SSSR count). The smallest absolute Gasteiger partial charge is 0.223 e. The Morgan fingerprint density at radius 1 is 1.53 bits per heavy atom. The fraction of sp³-hybridized carbons (Fsp3) is 0.500. The summed E-state index contributed by atoms with van der Waals surface area (Å²) in [4.78, 5) is 13.2. The number of furan rings is 1. The molecule has 2 N–H and O–H groups in total. The van der Waals surface area contributed by atoms with E-state index in [2.05, 4.69) is 0 Å². The van der Waals surface area contributed by atoms with E-state index in [9.17, 15) is 13.2 Å². The van der Waals surface area contributed by atoms with Crippen LogP contribution in [0.5, 0.6) is 0 Å². The second-order valence-electron chi connectivity index (χ2n) is 4.25. The molecular formula is C10H14N2O4S. The third-order valence-corrected chi connectivity index (χ3v) is 3.63. The molecule has 1 aromatic heterocycles. The van der Waals surface area contributed by atoms with E-state index in [1.807, 2.05) is 0 Å². The van der Waals surface area contributed by atoms with Crippen molar-refractivity contribution in [2.45, 2.75) is 13.0 Å². The summed E-state index contributed by atoms with van der Waals surface area (Å²) < 4.78 is 27.0. The van der Waals surface area contributed by atoms with Crippen molar-refractivity contribution in [1.29, 1.82) is 0 Å². The van der Waals surface area contributed by atoms with Crippen molar-refractivity contribution in [3.05, 3.63) is 24.2 Å². The first-order chi connectivity index (χ1) is 7.94. The molecule has 1 saturated heterocycles. The van der Waals surface area contributed by atoms with E-state index < -0.39 is 10.0 Å². The van der Waals surface area contributed by atoms with Crippen LogP contribution in [0.4, 0.5) is 0 Å². The van der Waals surface area contributed by atoms with E-state index in [4.69, 9.17) is 9.56 Å². The van der Waals surface area contributed by atoms with Gasteiger partial charge in [0.25, 0.3) is 0 Å². The largest absolute Gasteiger partial charge is 0.467 e. The molecule has 0 radical (unpaired) electrons. The monoisotopic (exact) mass is 258 g/mol. The predicted octanol–water partition coefficient (Wildman–Crippen LogP) is -0.0834. The Morgan fingerprint density at radius 2 is 2.29 bits per heavy atom. The number of hydrogen-bond acceptors (Lipinski definition) is 4. The third-order valence-electron chi connectivity index (χ3n) is 2.69. The lowest BCUT2D eigenvalue weighted by atomic mass is 10.1. The van der Waals surface area contributed by atoms with Crippen LogP contribution >= 0.6 is 0 Å². The molecule has 0 saturated carbocycles. The maximum absolute atomic E-state index is 11.6. The van der Waals surface area contributed by atoms with Crippen LogP contribution in [0.1, 0.15) is 12.2 Å². The van der Waals surface area contributed by atoms with Crippen molar-refractivity contribution in [2.24, 2.45) is 11.1 Å². The summed E-state index contributed by atoms with van der Waals surface area (Å²) in [6, 6.07) is 3.53. The first kappa shape index (κ1) is 12.1. The van der Waals surface area contributed by atoms with Gasteiger partial charge in [-0.05, 0) is 12.1 Å². The lowest BCUT2D eigenvalue weighted by Gasteiger charge is -2.14. The van der Waals surface area contributed by atoms with Gasteiger partial charge in [-0.3, -0.25) is 4.79 Å². The van der Waals surface area contributed by atoms with Crippen LogP contribution in [0.25, 0.3) is 0 Å². The van der Waals surface area contributed by atoms with Gasteiger partial charge in [0.2, 0.25) is 15.9 Å². The fourth-order valence-corrected chi connectivity index (χ4v) is 2.92. The van der Waals surface area contributed by atoms with Crippen molar-refractivity contribution in [1.82, 2.24) is 4.90 Å². The number of amides is 1.